The highest BCUT2D eigenvalue weighted by Crippen LogP contribution is 2.23. The molecule has 0 saturated carbocycles. The minimum Gasteiger partial charge on any atom is -0.466 e. The van der Waals surface area contributed by atoms with Crippen molar-refractivity contribution in [2.75, 3.05) is 26.2 Å². The summed E-state index contributed by atoms with van der Waals surface area (Å²) in [6.45, 7) is 4.61. The summed E-state index contributed by atoms with van der Waals surface area (Å²) in [6, 6.07) is 7.41. The number of benzene rings is 1. The number of rotatable bonds is 7. The number of esters is 1. The average molecular weight is 318 g/mol. The second-order valence-electron chi connectivity index (χ2n) is 6.10. The van der Waals surface area contributed by atoms with Crippen LogP contribution in [0, 0.1) is 11.3 Å². The Kier molecular flexibility index (Phi) is 6.74. The number of nitrogens with zero attached hydrogens (tertiary/aromatic N) is 1. The Bertz CT molecular complexity index is 516. The van der Waals surface area contributed by atoms with Crippen molar-refractivity contribution < 1.29 is 14.6 Å². The Labute approximate surface area is 137 Å². The van der Waals surface area contributed by atoms with E-state index in [1.807, 2.05) is 31.2 Å². The molecular weight excluding hydrogens is 292 g/mol. The molecule has 0 unspecified atom stereocenters. The van der Waals surface area contributed by atoms with E-state index >= 15 is 0 Å². The summed E-state index contributed by atoms with van der Waals surface area (Å²) in [7, 11) is 0. The number of aliphatic hydroxyl groups excluding tert-OH is 1. The van der Waals surface area contributed by atoms with Gasteiger partial charge in [0, 0.05) is 25.7 Å². The second-order valence-corrected chi connectivity index (χ2v) is 6.10. The number of β-amino-alcohol motifs (C(OH)–C–C–N with tert-alkyl or cyclic N) is 1. The molecular formula is C18H26N2O3. The largest absolute Gasteiger partial charge is 0.466 e. The number of likely N-dealkylation sites (tertiary alicyclic amines) is 1. The van der Waals surface area contributed by atoms with Gasteiger partial charge in [-0.05, 0) is 43.4 Å². The van der Waals surface area contributed by atoms with Crippen LogP contribution < -0.4 is 0 Å². The van der Waals surface area contributed by atoms with Crippen molar-refractivity contribution in [1.29, 1.82) is 5.41 Å². The van der Waals surface area contributed by atoms with Crippen molar-refractivity contribution in [1.82, 2.24) is 4.90 Å². The van der Waals surface area contributed by atoms with E-state index in [0.717, 1.165) is 37.1 Å². The normalized spacial score (nSPS) is 20.0. The topological polar surface area (TPSA) is 73.6 Å². The van der Waals surface area contributed by atoms with Gasteiger partial charge < -0.3 is 20.2 Å². The molecule has 1 aliphatic heterocycles. The first kappa shape index (κ1) is 17.6. The van der Waals surface area contributed by atoms with Crippen molar-refractivity contribution in [3.63, 3.8) is 0 Å². The van der Waals surface area contributed by atoms with Crippen LogP contribution in [-0.2, 0) is 9.53 Å². The van der Waals surface area contributed by atoms with Crippen LogP contribution >= 0.6 is 0 Å². The first-order valence-electron chi connectivity index (χ1n) is 8.28. The Morgan fingerprint density at radius 2 is 2.22 bits per heavy atom. The molecule has 2 N–H and O–H groups in total. The van der Waals surface area contributed by atoms with Crippen LogP contribution in [0.2, 0.25) is 0 Å². The van der Waals surface area contributed by atoms with E-state index in [0.29, 0.717) is 25.5 Å². The van der Waals surface area contributed by atoms with Crippen molar-refractivity contribution in [3.8, 4) is 0 Å². The first-order valence-corrected chi connectivity index (χ1v) is 8.28. The molecule has 0 aromatic heterocycles. The van der Waals surface area contributed by atoms with Gasteiger partial charge in [0.05, 0.1) is 12.7 Å². The standard InChI is InChI=1S/C18H26N2O3/c1-2-23-18(22)10-15-4-3-9-20(12-15)13-17(21)16-7-5-14(11-19)6-8-16/h5-8,11,15,17,19,21H,2-4,9-10,12-13H2,1H3/t15-,17-/m1/s1. The maximum Gasteiger partial charge on any atom is 0.306 e. The summed E-state index contributed by atoms with van der Waals surface area (Å²) in [5, 5.41) is 17.6. The molecule has 0 spiro atoms. The number of ether oxygens (including phenoxy) is 1. The molecule has 2 atom stereocenters. The number of aliphatic hydroxyl groups is 1. The molecule has 1 fully saturated rings. The van der Waals surface area contributed by atoms with E-state index in [-0.39, 0.29) is 5.97 Å². The number of hydrogen-bond acceptors (Lipinski definition) is 5. The van der Waals surface area contributed by atoms with Gasteiger partial charge in [-0.3, -0.25) is 4.79 Å². The predicted octanol–water partition coefficient (Wildman–Crippen LogP) is 2.38. The highest BCUT2D eigenvalue weighted by Gasteiger charge is 2.24. The summed E-state index contributed by atoms with van der Waals surface area (Å²) >= 11 is 0. The fourth-order valence-corrected chi connectivity index (χ4v) is 3.10. The quantitative estimate of drug-likeness (QED) is 0.598. The van der Waals surface area contributed by atoms with Gasteiger partial charge in [-0.1, -0.05) is 24.3 Å². The smallest absolute Gasteiger partial charge is 0.306 e. The molecule has 5 nitrogen and oxygen atoms in total. The Morgan fingerprint density at radius 3 is 2.87 bits per heavy atom. The van der Waals surface area contributed by atoms with Crippen LogP contribution in [0.25, 0.3) is 0 Å². The van der Waals surface area contributed by atoms with Crippen LogP contribution in [0.4, 0.5) is 0 Å². The molecule has 2 rings (SSSR count). The van der Waals surface area contributed by atoms with E-state index in [1.165, 1.54) is 6.21 Å². The van der Waals surface area contributed by atoms with E-state index < -0.39 is 6.10 Å². The molecule has 1 saturated heterocycles. The monoisotopic (exact) mass is 318 g/mol. The molecule has 0 radical (unpaired) electrons. The minimum absolute atomic E-state index is 0.123. The lowest BCUT2D eigenvalue weighted by Crippen LogP contribution is -2.38. The lowest BCUT2D eigenvalue weighted by molar-refractivity contribution is -0.144. The van der Waals surface area contributed by atoms with E-state index in [9.17, 15) is 9.90 Å². The Balaban J connectivity index is 1.85. The van der Waals surface area contributed by atoms with E-state index in [1.54, 1.807) is 0 Å². The van der Waals surface area contributed by atoms with Gasteiger partial charge in [0.15, 0.2) is 0 Å². The molecule has 1 aromatic carbocycles. The van der Waals surface area contributed by atoms with Crippen LogP contribution in [0.15, 0.2) is 24.3 Å². The van der Waals surface area contributed by atoms with Crippen LogP contribution in [0.1, 0.15) is 43.4 Å². The van der Waals surface area contributed by atoms with Gasteiger partial charge in [0.25, 0.3) is 0 Å². The molecule has 1 aliphatic rings. The highest BCUT2D eigenvalue weighted by molar-refractivity contribution is 5.76. The second kappa shape index (κ2) is 8.79. The zero-order valence-electron chi connectivity index (χ0n) is 13.7. The molecule has 0 bridgehead atoms. The zero-order valence-corrected chi connectivity index (χ0v) is 13.7. The molecule has 1 aromatic rings. The van der Waals surface area contributed by atoms with Gasteiger partial charge in [-0.15, -0.1) is 0 Å². The van der Waals surface area contributed by atoms with Crippen LogP contribution in [0.5, 0.6) is 0 Å². The third-order valence-electron chi connectivity index (χ3n) is 4.28. The van der Waals surface area contributed by atoms with Gasteiger partial charge in [-0.25, -0.2) is 0 Å². The third kappa shape index (κ3) is 5.44. The summed E-state index contributed by atoms with van der Waals surface area (Å²) in [5.74, 6) is 0.192. The number of carbonyl (C=O) groups is 1. The van der Waals surface area contributed by atoms with Gasteiger partial charge in [0.2, 0.25) is 0 Å². The molecule has 0 amide bonds. The zero-order chi connectivity index (χ0) is 16.7. The maximum absolute atomic E-state index is 11.6. The van der Waals surface area contributed by atoms with Gasteiger partial charge in [-0.2, -0.15) is 0 Å². The predicted molar refractivity (Wildman–Crippen MR) is 89.7 cm³/mol. The summed E-state index contributed by atoms with van der Waals surface area (Å²) in [4.78, 5) is 13.8. The summed E-state index contributed by atoms with van der Waals surface area (Å²) < 4.78 is 5.03. The Hall–Kier alpha value is -1.72. The van der Waals surface area contributed by atoms with Crippen molar-refractivity contribution in [2.24, 2.45) is 5.92 Å². The summed E-state index contributed by atoms with van der Waals surface area (Å²) in [6.07, 6.45) is 3.30. The number of piperidine rings is 1. The average Bonchev–Trinajstić information content (AvgIpc) is 2.55. The highest BCUT2D eigenvalue weighted by atomic mass is 16.5. The lowest BCUT2D eigenvalue weighted by Gasteiger charge is -2.33. The molecule has 126 valence electrons. The molecule has 0 aliphatic carbocycles. The molecule has 1 heterocycles. The first-order chi connectivity index (χ1) is 11.1. The minimum atomic E-state index is -0.545. The van der Waals surface area contributed by atoms with Crippen LogP contribution in [-0.4, -0.2) is 48.4 Å². The van der Waals surface area contributed by atoms with Gasteiger partial charge >= 0.3 is 5.97 Å². The Morgan fingerprint density at radius 1 is 1.48 bits per heavy atom. The van der Waals surface area contributed by atoms with Gasteiger partial charge in [0.1, 0.15) is 0 Å². The van der Waals surface area contributed by atoms with Crippen molar-refractivity contribution in [2.45, 2.75) is 32.3 Å². The van der Waals surface area contributed by atoms with Crippen LogP contribution in [0.3, 0.4) is 0 Å². The third-order valence-corrected chi connectivity index (χ3v) is 4.28. The fourth-order valence-electron chi connectivity index (χ4n) is 3.10. The number of nitrogens with one attached hydrogen (secondary N) is 1. The molecule has 23 heavy (non-hydrogen) atoms. The SMILES string of the molecule is CCOC(=O)C[C@H]1CCCN(C[C@@H](O)c2ccc(C=N)cc2)C1. The maximum atomic E-state index is 11.6. The lowest BCUT2D eigenvalue weighted by atomic mass is 9.94. The van der Waals surface area contributed by atoms with E-state index in [4.69, 9.17) is 10.1 Å². The molecule has 5 heteroatoms. The van der Waals surface area contributed by atoms with Crippen molar-refractivity contribution in [3.05, 3.63) is 35.4 Å². The van der Waals surface area contributed by atoms with E-state index in [2.05, 4.69) is 4.90 Å². The fraction of sp³-hybridized carbons (Fsp3) is 0.556. The summed E-state index contributed by atoms with van der Waals surface area (Å²) in [5.41, 5.74) is 1.69. The van der Waals surface area contributed by atoms with Crippen molar-refractivity contribution >= 4 is 12.2 Å². The number of hydrogen-bond donors (Lipinski definition) is 2. The number of carbonyl (C=O) groups excluding carboxylic acids is 1.